The summed E-state index contributed by atoms with van der Waals surface area (Å²) < 4.78 is 21.0. The van der Waals surface area contributed by atoms with E-state index in [1.165, 1.54) is 0 Å². The number of aliphatic hydroxyl groups is 1. The van der Waals surface area contributed by atoms with Gasteiger partial charge in [-0.2, -0.15) is 0 Å². The van der Waals surface area contributed by atoms with Crippen molar-refractivity contribution in [2.24, 2.45) is 0 Å². The van der Waals surface area contributed by atoms with Gasteiger partial charge in [-0.15, -0.1) is 0 Å². The summed E-state index contributed by atoms with van der Waals surface area (Å²) in [4.78, 5) is 0. The van der Waals surface area contributed by atoms with Crippen molar-refractivity contribution in [2.75, 3.05) is 21.3 Å². The molecule has 118 valence electrons. The first-order chi connectivity index (χ1) is 10.7. The van der Waals surface area contributed by atoms with Gasteiger partial charge in [0.15, 0.2) is 17.8 Å². The molecule has 0 aliphatic heterocycles. The van der Waals surface area contributed by atoms with Gasteiger partial charge in [0.05, 0.1) is 27.9 Å². The molecule has 0 spiro atoms. The van der Waals surface area contributed by atoms with Crippen LogP contribution in [0.1, 0.15) is 17.4 Å². The monoisotopic (exact) mass is 304 g/mol. The Morgan fingerprint density at radius 2 is 1.55 bits per heavy atom. The van der Waals surface area contributed by atoms with Crippen LogP contribution >= 0.6 is 0 Å². The van der Waals surface area contributed by atoms with Crippen molar-refractivity contribution in [3.05, 3.63) is 53.6 Å². The zero-order valence-electron chi connectivity index (χ0n) is 12.9. The summed E-state index contributed by atoms with van der Waals surface area (Å²) in [6.07, 6.45) is -1.00. The van der Waals surface area contributed by atoms with Crippen LogP contribution in [0.3, 0.4) is 0 Å². The average Bonchev–Trinajstić information content (AvgIpc) is 2.59. The Balaban J connectivity index is 1.99. The molecule has 2 aromatic carbocycles. The molecule has 0 saturated heterocycles. The summed E-state index contributed by atoms with van der Waals surface area (Å²) in [5.41, 5.74) is 1.55. The van der Waals surface area contributed by atoms with Crippen molar-refractivity contribution < 1.29 is 24.1 Å². The van der Waals surface area contributed by atoms with Gasteiger partial charge in [0.2, 0.25) is 0 Å². The van der Waals surface area contributed by atoms with Crippen LogP contribution in [0.25, 0.3) is 0 Å². The summed E-state index contributed by atoms with van der Waals surface area (Å²) in [6.45, 7) is 0.257. The normalized spacial score (nSPS) is 11.8. The van der Waals surface area contributed by atoms with Crippen LogP contribution in [0.15, 0.2) is 42.5 Å². The lowest BCUT2D eigenvalue weighted by Crippen LogP contribution is -2.04. The lowest BCUT2D eigenvalue weighted by molar-refractivity contribution is -0.112. The van der Waals surface area contributed by atoms with E-state index >= 15 is 0 Å². The van der Waals surface area contributed by atoms with E-state index in [0.717, 1.165) is 11.3 Å². The number of rotatable bonds is 7. The molecular weight excluding hydrogens is 284 g/mol. The van der Waals surface area contributed by atoms with Crippen LogP contribution in [0, 0.1) is 0 Å². The fourth-order valence-electron chi connectivity index (χ4n) is 2.01. The van der Waals surface area contributed by atoms with E-state index in [-0.39, 0.29) is 6.61 Å². The highest BCUT2D eigenvalue weighted by Gasteiger charge is 2.10. The Morgan fingerprint density at radius 1 is 0.864 bits per heavy atom. The van der Waals surface area contributed by atoms with Crippen molar-refractivity contribution in [1.29, 1.82) is 0 Å². The second-order valence-electron chi connectivity index (χ2n) is 4.63. The van der Waals surface area contributed by atoms with Crippen molar-refractivity contribution >= 4 is 0 Å². The number of hydrogen-bond acceptors (Lipinski definition) is 5. The minimum Gasteiger partial charge on any atom is -0.497 e. The van der Waals surface area contributed by atoms with Gasteiger partial charge < -0.3 is 24.1 Å². The molecular formula is C17H20O5. The first-order valence-corrected chi connectivity index (χ1v) is 6.82. The minimum atomic E-state index is -1.00. The maximum atomic E-state index is 10.1. The molecule has 1 atom stereocenters. The molecule has 0 saturated carbocycles. The molecule has 2 aromatic rings. The number of methoxy groups -OCH3 is 3. The van der Waals surface area contributed by atoms with Crippen LogP contribution in [-0.4, -0.2) is 26.4 Å². The van der Waals surface area contributed by atoms with Gasteiger partial charge in [0, 0.05) is 5.56 Å². The molecule has 0 radical (unpaired) electrons. The Kier molecular flexibility index (Phi) is 5.63. The third kappa shape index (κ3) is 3.90. The van der Waals surface area contributed by atoms with Crippen molar-refractivity contribution in [3.63, 3.8) is 0 Å². The van der Waals surface area contributed by atoms with E-state index in [4.69, 9.17) is 18.9 Å². The molecule has 1 unspecified atom stereocenters. The summed E-state index contributed by atoms with van der Waals surface area (Å²) >= 11 is 0. The van der Waals surface area contributed by atoms with Crippen LogP contribution in [-0.2, 0) is 11.3 Å². The van der Waals surface area contributed by atoms with Crippen LogP contribution in [0.4, 0.5) is 0 Å². The smallest absolute Gasteiger partial charge is 0.181 e. The standard InChI is InChI=1S/C17H20O5/c1-19-14-7-5-13(6-8-14)17(18)22-11-12-4-9-15(20-2)16(10-12)21-3/h4-10,17-18H,11H2,1-3H3. The van der Waals surface area contributed by atoms with E-state index in [1.54, 1.807) is 51.7 Å². The number of aliphatic hydroxyl groups excluding tert-OH is 1. The Labute approximate surface area is 130 Å². The predicted octanol–water partition coefficient (Wildman–Crippen LogP) is 2.92. The van der Waals surface area contributed by atoms with Gasteiger partial charge in [0.25, 0.3) is 0 Å². The van der Waals surface area contributed by atoms with Gasteiger partial charge in [-0.3, -0.25) is 0 Å². The van der Waals surface area contributed by atoms with E-state index in [1.807, 2.05) is 12.1 Å². The first kappa shape index (κ1) is 16.1. The molecule has 2 rings (SSSR count). The average molecular weight is 304 g/mol. The molecule has 0 fully saturated rings. The first-order valence-electron chi connectivity index (χ1n) is 6.82. The Morgan fingerprint density at radius 3 is 2.14 bits per heavy atom. The summed E-state index contributed by atoms with van der Waals surface area (Å²) in [7, 11) is 4.76. The predicted molar refractivity (Wildman–Crippen MR) is 82.3 cm³/mol. The number of hydrogen-bond donors (Lipinski definition) is 1. The van der Waals surface area contributed by atoms with Crippen LogP contribution < -0.4 is 14.2 Å². The fourth-order valence-corrected chi connectivity index (χ4v) is 2.01. The topological polar surface area (TPSA) is 57.2 Å². The highest BCUT2D eigenvalue weighted by molar-refractivity contribution is 5.42. The molecule has 5 nitrogen and oxygen atoms in total. The van der Waals surface area contributed by atoms with E-state index < -0.39 is 6.29 Å². The van der Waals surface area contributed by atoms with Crippen molar-refractivity contribution in [2.45, 2.75) is 12.9 Å². The molecule has 5 heteroatoms. The molecule has 0 amide bonds. The number of benzene rings is 2. The molecule has 0 aliphatic carbocycles. The molecule has 1 N–H and O–H groups in total. The Hall–Kier alpha value is -2.24. The lowest BCUT2D eigenvalue weighted by atomic mass is 10.2. The minimum absolute atomic E-state index is 0.257. The third-order valence-corrected chi connectivity index (χ3v) is 3.26. The van der Waals surface area contributed by atoms with Gasteiger partial charge in [-0.05, 0) is 29.8 Å². The van der Waals surface area contributed by atoms with Gasteiger partial charge in [-0.25, -0.2) is 0 Å². The zero-order valence-corrected chi connectivity index (χ0v) is 12.9. The molecule has 22 heavy (non-hydrogen) atoms. The van der Waals surface area contributed by atoms with Gasteiger partial charge in [-0.1, -0.05) is 18.2 Å². The highest BCUT2D eigenvalue weighted by Crippen LogP contribution is 2.28. The lowest BCUT2D eigenvalue weighted by Gasteiger charge is -2.14. The number of ether oxygens (including phenoxy) is 4. The fraction of sp³-hybridized carbons (Fsp3) is 0.294. The molecule has 0 aliphatic rings. The summed E-state index contributed by atoms with van der Waals surface area (Å²) in [5.74, 6) is 2.01. The zero-order chi connectivity index (χ0) is 15.9. The van der Waals surface area contributed by atoms with Crippen molar-refractivity contribution in [3.8, 4) is 17.2 Å². The summed E-state index contributed by atoms with van der Waals surface area (Å²) in [6, 6.07) is 12.6. The molecule has 0 bridgehead atoms. The van der Waals surface area contributed by atoms with E-state index in [2.05, 4.69) is 0 Å². The molecule has 0 heterocycles. The van der Waals surface area contributed by atoms with Crippen LogP contribution in [0.5, 0.6) is 17.2 Å². The van der Waals surface area contributed by atoms with Crippen LogP contribution in [0.2, 0.25) is 0 Å². The Bertz CT molecular complexity index is 594. The van der Waals surface area contributed by atoms with Gasteiger partial charge >= 0.3 is 0 Å². The highest BCUT2D eigenvalue weighted by atomic mass is 16.6. The quantitative estimate of drug-likeness (QED) is 0.797. The van der Waals surface area contributed by atoms with E-state index in [9.17, 15) is 5.11 Å². The maximum absolute atomic E-state index is 10.1. The van der Waals surface area contributed by atoms with E-state index in [0.29, 0.717) is 17.1 Å². The SMILES string of the molecule is COc1ccc(C(O)OCc2ccc(OC)c(OC)c2)cc1. The summed E-state index contributed by atoms with van der Waals surface area (Å²) in [5, 5.41) is 10.1. The largest absolute Gasteiger partial charge is 0.497 e. The second-order valence-corrected chi connectivity index (χ2v) is 4.63. The second kappa shape index (κ2) is 7.68. The third-order valence-electron chi connectivity index (χ3n) is 3.26. The maximum Gasteiger partial charge on any atom is 0.181 e. The van der Waals surface area contributed by atoms with Crippen molar-refractivity contribution in [1.82, 2.24) is 0 Å². The molecule has 0 aromatic heterocycles. The van der Waals surface area contributed by atoms with Gasteiger partial charge in [0.1, 0.15) is 5.75 Å².